The van der Waals surface area contributed by atoms with Crippen LogP contribution < -0.4 is 9.88 Å². The molecule has 1 fully saturated rings. The minimum absolute atomic E-state index is 0.0905. The van der Waals surface area contributed by atoms with Crippen molar-refractivity contribution in [3.8, 4) is 5.75 Å². The lowest BCUT2D eigenvalue weighted by Gasteiger charge is -2.27. The van der Waals surface area contributed by atoms with E-state index in [1.807, 2.05) is 27.7 Å². The predicted octanol–water partition coefficient (Wildman–Crippen LogP) is 2.37. The number of hydrogen-bond acceptors (Lipinski definition) is 4. The molecule has 1 atom stereocenters. The van der Waals surface area contributed by atoms with Gasteiger partial charge in [-0.2, -0.15) is 0 Å². The third-order valence-electron chi connectivity index (χ3n) is 3.72. The van der Waals surface area contributed by atoms with Gasteiger partial charge >= 0.3 is 0 Å². The fraction of sp³-hybridized carbons (Fsp3) is 0.600. The van der Waals surface area contributed by atoms with Gasteiger partial charge in [0.15, 0.2) is 0 Å². The van der Waals surface area contributed by atoms with Gasteiger partial charge in [-0.1, -0.05) is 0 Å². The van der Waals surface area contributed by atoms with Crippen LogP contribution in [0.4, 0.5) is 0 Å². The Kier molecular flexibility index (Phi) is 3.85. The summed E-state index contributed by atoms with van der Waals surface area (Å²) in [6, 6.07) is 4.81. The maximum Gasteiger partial charge on any atom is 0.238 e. The van der Waals surface area contributed by atoms with Gasteiger partial charge in [-0.25, -0.2) is 13.6 Å². The smallest absolute Gasteiger partial charge is 0.238 e. The largest absolute Gasteiger partial charge is 0.487 e. The van der Waals surface area contributed by atoms with Crippen LogP contribution in [0.3, 0.4) is 0 Å². The molecule has 1 heterocycles. The molecule has 0 amide bonds. The van der Waals surface area contributed by atoms with Crippen LogP contribution in [0, 0.1) is 6.92 Å². The maximum absolute atomic E-state index is 11.4. The average Bonchev–Trinajstić information content (AvgIpc) is 2.44. The molecule has 0 radical (unpaired) electrons. The van der Waals surface area contributed by atoms with Gasteiger partial charge in [0, 0.05) is 6.42 Å². The molecular formula is C15H23NO4S. The number of ether oxygens (including phenoxy) is 2. The van der Waals surface area contributed by atoms with E-state index in [2.05, 4.69) is 0 Å². The first kappa shape index (κ1) is 16.3. The molecule has 1 aromatic carbocycles. The van der Waals surface area contributed by atoms with Crippen molar-refractivity contribution >= 4 is 10.0 Å². The van der Waals surface area contributed by atoms with E-state index in [0.717, 1.165) is 6.42 Å². The molecule has 5 nitrogen and oxygen atoms in total. The highest BCUT2D eigenvalue weighted by Crippen LogP contribution is 2.39. The SMILES string of the molecule is Cc1cc(OC2CC(C)(C)OC2(C)C)ccc1S(N)(=O)=O. The first-order valence-corrected chi connectivity index (χ1v) is 8.46. The highest BCUT2D eigenvalue weighted by atomic mass is 32.2. The van der Waals surface area contributed by atoms with Gasteiger partial charge in [-0.3, -0.25) is 0 Å². The second-order valence-electron chi connectivity index (χ2n) is 6.75. The van der Waals surface area contributed by atoms with E-state index in [-0.39, 0.29) is 16.6 Å². The van der Waals surface area contributed by atoms with E-state index in [0.29, 0.717) is 11.3 Å². The normalized spacial score (nSPS) is 24.0. The molecule has 0 spiro atoms. The predicted molar refractivity (Wildman–Crippen MR) is 80.8 cm³/mol. The molecule has 6 heteroatoms. The number of sulfonamides is 1. The number of nitrogens with two attached hydrogens (primary N) is 1. The van der Waals surface area contributed by atoms with E-state index in [1.165, 1.54) is 6.07 Å². The Bertz CT molecular complexity index is 650. The van der Waals surface area contributed by atoms with E-state index in [1.54, 1.807) is 19.1 Å². The van der Waals surface area contributed by atoms with Crippen molar-refractivity contribution in [2.45, 2.75) is 63.2 Å². The first-order chi connectivity index (χ1) is 9.41. The quantitative estimate of drug-likeness (QED) is 0.929. The highest BCUT2D eigenvalue weighted by Gasteiger charge is 2.47. The Hall–Kier alpha value is -1.11. The van der Waals surface area contributed by atoms with E-state index >= 15 is 0 Å². The van der Waals surface area contributed by atoms with Crippen LogP contribution in [0.25, 0.3) is 0 Å². The van der Waals surface area contributed by atoms with Crippen molar-refractivity contribution in [1.82, 2.24) is 0 Å². The van der Waals surface area contributed by atoms with Gasteiger partial charge in [-0.15, -0.1) is 0 Å². The zero-order valence-electron chi connectivity index (χ0n) is 13.1. The lowest BCUT2D eigenvalue weighted by atomic mass is 9.97. The van der Waals surface area contributed by atoms with Crippen LogP contribution in [0.1, 0.15) is 39.7 Å². The number of primary sulfonamides is 1. The third kappa shape index (κ3) is 3.56. The van der Waals surface area contributed by atoms with Gasteiger partial charge in [0.2, 0.25) is 10.0 Å². The molecule has 0 aliphatic carbocycles. The average molecular weight is 313 g/mol. The van der Waals surface area contributed by atoms with Crippen LogP contribution >= 0.6 is 0 Å². The molecule has 1 aliphatic rings. The molecule has 2 N–H and O–H groups in total. The monoisotopic (exact) mass is 313 g/mol. The lowest BCUT2D eigenvalue weighted by Crippen LogP contribution is -2.36. The number of benzene rings is 1. The number of aryl methyl sites for hydroxylation is 1. The molecule has 21 heavy (non-hydrogen) atoms. The molecule has 1 unspecified atom stereocenters. The summed E-state index contributed by atoms with van der Waals surface area (Å²) in [5.74, 6) is 0.624. The van der Waals surface area contributed by atoms with E-state index < -0.39 is 15.6 Å². The Morgan fingerprint density at radius 2 is 1.90 bits per heavy atom. The maximum atomic E-state index is 11.4. The Morgan fingerprint density at radius 3 is 2.33 bits per heavy atom. The van der Waals surface area contributed by atoms with Gasteiger partial charge in [0.05, 0.1) is 10.5 Å². The molecule has 118 valence electrons. The molecule has 0 saturated carbocycles. The second-order valence-corrected chi connectivity index (χ2v) is 8.28. The topological polar surface area (TPSA) is 78.6 Å². The van der Waals surface area contributed by atoms with Crippen LogP contribution in [0.2, 0.25) is 0 Å². The van der Waals surface area contributed by atoms with Crippen molar-refractivity contribution < 1.29 is 17.9 Å². The molecule has 2 rings (SSSR count). The molecule has 1 aromatic rings. The van der Waals surface area contributed by atoms with Crippen molar-refractivity contribution in [3.63, 3.8) is 0 Å². The fourth-order valence-electron chi connectivity index (χ4n) is 2.87. The summed E-state index contributed by atoms with van der Waals surface area (Å²) in [6.45, 7) is 9.77. The Balaban J connectivity index is 2.24. The standard InChI is InChI=1S/C15H23NO4S/c1-10-8-11(6-7-12(10)21(16,17)18)19-13-9-14(2,3)20-15(13,4)5/h6-8,13H,9H2,1-5H3,(H2,16,17,18). The first-order valence-electron chi connectivity index (χ1n) is 6.91. The van der Waals surface area contributed by atoms with Crippen molar-refractivity contribution in [2.24, 2.45) is 5.14 Å². The zero-order chi connectivity index (χ0) is 16.1. The van der Waals surface area contributed by atoms with Crippen molar-refractivity contribution in [1.29, 1.82) is 0 Å². The van der Waals surface area contributed by atoms with E-state index in [4.69, 9.17) is 14.6 Å². The molecule has 1 saturated heterocycles. The van der Waals surface area contributed by atoms with Gasteiger partial charge in [-0.05, 0) is 58.4 Å². The van der Waals surface area contributed by atoms with Crippen molar-refractivity contribution in [2.75, 3.05) is 0 Å². The molecule has 0 bridgehead atoms. The Labute approximate surface area is 126 Å². The summed E-state index contributed by atoms with van der Waals surface area (Å²) < 4.78 is 34.8. The van der Waals surface area contributed by atoms with Crippen LogP contribution in [0.15, 0.2) is 23.1 Å². The highest BCUT2D eigenvalue weighted by molar-refractivity contribution is 7.89. The molecule has 0 aromatic heterocycles. The summed E-state index contributed by atoms with van der Waals surface area (Å²) in [4.78, 5) is 0.122. The van der Waals surface area contributed by atoms with Crippen molar-refractivity contribution in [3.05, 3.63) is 23.8 Å². The fourth-order valence-corrected chi connectivity index (χ4v) is 3.64. The molecule has 1 aliphatic heterocycles. The Morgan fingerprint density at radius 1 is 1.29 bits per heavy atom. The van der Waals surface area contributed by atoms with Crippen LogP contribution in [-0.2, 0) is 14.8 Å². The van der Waals surface area contributed by atoms with Crippen LogP contribution in [-0.4, -0.2) is 25.7 Å². The minimum atomic E-state index is -3.70. The third-order valence-corrected chi connectivity index (χ3v) is 4.79. The lowest BCUT2D eigenvalue weighted by molar-refractivity contribution is -0.0846. The van der Waals surface area contributed by atoms with Crippen LogP contribution in [0.5, 0.6) is 5.75 Å². The number of hydrogen-bond donors (Lipinski definition) is 1. The van der Waals surface area contributed by atoms with Gasteiger partial charge in [0.1, 0.15) is 17.5 Å². The number of rotatable bonds is 3. The summed E-state index contributed by atoms with van der Waals surface area (Å²) in [6.07, 6.45) is 0.683. The van der Waals surface area contributed by atoms with E-state index in [9.17, 15) is 8.42 Å². The summed E-state index contributed by atoms with van der Waals surface area (Å²) in [5.41, 5.74) is -0.0502. The second kappa shape index (κ2) is 4.97. The minimum Gasteiger partial charge on any atom is -0.487 e. The summed E-state index contributed by atoms with van der Waals surface area (Å²) in [7, 11) is -3.70. The summed E-state index contributed by atoms with van der Waals surface area (Å²) >= 11 is 0. The summed E-state index contributed by atoms with van der Waals surface area (Å²) in [5, 5.41) is 5.16. The molecular weight excluding hydrogens is 290 g/mol. The van der Waals surface area contributed by atoms with Gasteiger partial charge in [0.25, 0.3) is 0 Å². The van der Waals surface area contributed by atoms with Gasteiger partial charge < -0.3 is 9.47 Å². The zero-order valence-corrected chi connectivity index (χ0v) is 14.0.